The number of nitrogens with zero attached hydrogens (tertiary/aromatic N) is 2. The number of hydrogen-bond donors (Lipinski definition) is 2. The van der Waals surface area contributed by atoms with Crippen molar-refractivity contribution >= 4 is 23.8 Å². The van der Waals surface area contributed by atoms with Crippen molar-refractivity contribution in [3.8, 4) is 5.75 Å². The fraction of sp³-hybridized carbons (Fsp3) is 0.500. The lowest BCUT2D eigenvalue weighted by Gasteiger charge is -2.08. The number of nitrogens with one attached hydrogen (secondary N) is 2. The second kappa shape index (κ2) is 13.0. The number of aryl methyl sites for hydroxylation is 1. The SMILES string of the molecule is CCCCCCCCCOc1ccc(/C=N\Nc2nc(CC)cc(=O)[nH]2)c(Cl)c1. The van der Waals surface area contributed by atoms with Crippen LogP contribution in [0, 0.1) is 0 Å². The van der Waals surface area contributed by atoms with Crippen LogP contribution >= 0.6 is 11.6 Å². The fourth-order valence-corrected chi connectivity index (χ4v) is 3.08. The minimum Gasteiger partial charge on any atom is -0.494 e. The van der Waals surface area contributed by atoms with Crippen LogP contribution in [-0.4, -0.2) is 22.8 Å². The lowest BCUT2D eigenvalue weighted by Crippen LogP contribution is -2.11. The first-order chi connectivity index (χ1) is 14.1. The van der Waals surface area contributed by atoms with Gasteiger partial charge in [0.15, 0.2) is 0 Å². The highest BCUT2D eigenvalue weighted by Gasteiger charge is 2.02. The molecule has 0 atom stereocenters. The molecule has 0 saturated heterocycles. The molecule has 0 amide bonds. The van der Waals surface area contributed by atoms with Gasteiger partial charge in [-0.2, -0.15) is 5.10 Å². The van der Waals surface area contributed by atoms with Crippen molar-refractivity contribution in [2.24, 2.45) is 5.10 Å². The van der Waals surface area contributed by atoms with Crippen LogP contribution in [0.2, 0.25) is 5.02 Å². The number of hydrazone groups is 1. The van der Waals surface area contributed by atoms with Crippen molar-refractivity contribution in [3.05, 3.63) is 50.9 Å². The normalized spacial score (nSPS) is 11.1. The summed E-state index contributed by atoms with van der Waals surface area (Å²) in [6, 6.07) is 7.00. The topological polar surface area (TPSA) is 79.4 Å². The molecule has 0 aliphatic carbocycles. The minimum absolute atomic E-state index is 0.213. The first-order valence-corrected chi connectivity index (χ1v) is 10.8. The van der Waals surface area contributed by atoms with Crippen LogP contribution in [-0.2, 0) is 6.42 Å². The third-order valence-corrected chi connectivity index (χ3v) is 4.85. The molecule has 0 saturated carbocycles. The van der Waals surface area contributed by atoms with Crippen molar-refractivity contribution in [3.63, 3.8) is 0 Å². The molecule has 7 heteroatoms. The van der Waals surface area contributed by atoms with Crippen molar-refractivity contribution < 1.29 is 4.74 Å². The number of rotatable bonds is 13. The van der Waals surface area contributed by atoms with Crippen molar-refractivity contribution in [1.29, 1.82) is 0 Å². The summed E-state index contributed by atoms with van der Waals surface area (Å²) in [7, 11) is 0. The zero-order valence-corrected chi connectivity index (χ0v) is 18.1. The quantitative estimate of drug-likeness (QED) is 0.253. The van der Waals surface area contributed by atoms with E-state index in [1.54, 1.807) is 12.3 Å². The standard InChI is InChI=1S/C22H31ClN4O2/c1-3-5-6-7-8-9-10-13-29-19-12-11-17(20(23)15-19)16-24-27-22-25-18(4-2)14-21(28)26-22/h11-12,14-16H,3-10,13H2,1-2H3,(H2,25,26,27,28)/b24-16-. The molecule has 2 N–H and O–H groups in total. The first kappa shape index (κ1) is 22.9. The molecule has 1 heterocycles. The second-order valence-corrected chi connectivity index (χ2v) is 7.37. The van der Waals surface area contributed by atoms with Crippen LogP contribution < -0.4 is 15.7 Å². The highest BCUT2D eigenvalue weighted by atomic mass is 35.5. The molecule has 29 heavy (non-hydrogen) atoms. The van der Waals surface area contributed by atoms with Crippen LogP contribution in [0.25, 0.3) is 0 Å². The molecular weight excluding hydrogens is 388 g/mol. The molecule has 0 radical (unpaired) electrons. The van der Waals surface area contributed by atoms with Crippen LogP contribution in [0.1, 0.15) is 70.1 Å². The minimum atomic E-state index is -0.213. The van der Waals surface area contributed by atoms with Gasteiger partial charge in [0.25, 0.3) is 5.56 Å². The molecule has 1 aromatic carbocycles. The van der Waals surface area contributed by atoms with Gasteiger partial charge in [0, 0.05) is 17.3 Å². The van der Waals surface area contributed by atoms with E-state index in [2.05, 4.69) is 27.4 Å². The molecule has 2 rings (SSSR count). The van der Waals surface area contributed by atoms with Crippen molar-refractivity contribution in [1.82, 2.24) is 9.97 Å². The number of anilines is 1. The summed E-state index contributed by atoms with van der Waals surface area (Å²) >= 11 is 6.32. The lowest BCUT2D eigenvalue weighted by molar-refractivity contribution is 0.304. The molecular formula is C22H31ClN4O2. The molecule has 1 aromatic heterocycles. The van der Waals surface area contributed by atoms with E-state index in [1.165, 1.54) is 44.6 Å². The Morgan fingerprint density at radius 2 is 1.90 bits per heavy atom. The average Bonchev–Trinajstić information content (AvgIpc) is 2.71. The van der Waals surface area contributed by atoms with Crippen molar-refractivity contribution in [2.45, 2.75) is 65.2 Å². The number of ether oxygens (including phenoxy) is 1. The van der Waals surface area contributed by atoms with Gasteiger partial charge in [-0.3, -0.25) is 9.78 Å². The molecule has 158 valence electrons. The molecule has 0 aliphatic heterocycles. The Labute approximate surface area is 177 Å². The van der Waals surface area contributed by atoms with E-state index in [9.17, 15) is 4.79 Å². The number of aromatic amines is 1. The van der Waals surface area contributed by atoms with Gasteiger partial charge in [0.2, 0.25) is 5.95 Å². The second-order valence-electron chi connectivity index (χ2n) is 6.96. The first-order valence-electron chi connectivity index (χ1n) is 10.4. The summed E-state index contributed by atoms with van der Waals surface area (Å²) in [4.78, 5) is 18.4. The Kier molecular flexibility index (Phi) is 10.3. The largest absolute Gasteiger partial charge is 0.494 e. The number of unbranched alkanes of at least 4 members (excludes halogenated alkanes) is 6. The summed E-state index contributed by atoms with van der Waals surface area (Å²) in [5.41, 5.74) is 3.96. The van der Waals surface area contributed by atoms with E-state index in [1.807, 2.05) is 19.1 Å². The highest BCUT2D eigenvalue weighted by Crippen LogP contribution is 2.22. The maximum Gasteiger partial charge on any atom is 0.252 e. The highest BCUT2D eigenvalue weighted by molar-refractivity contribution is 6.33. The van der Waals surface area contributed by atoms with Gasteiger partial charge >= 0.3 is 0 Å². The Bertz CT molecular complexity index is 836. The number of halogens is 1. The molecule has 2 aromatic rings. The maximum atomic E-state index is 11.6. The van der Waals surface area contributed by atoms with E-state index in [0.29, 0.717) is 29.7 Å². The maximum absolute atomic E-state index is 11.6. The molecule has 6 nitrogen and oxygen atoms in total. The zero-order chi connectivity index (χ0) is 20.9. The van der Waals surface area contributed by atoms with Gasteiger partial charge in [-0.1, -0.05) is 64.0 Å². The van der Waals surface area contributed by atoms with Crippen LogP contribution in [0.15, 0.2) is 34.2 Å². The van der Waals surface area contributed by atoms with E-state index in [0.717, 1.165) is 17.7 Å². The number of hydrogen-bond acceptors (Lipinski definition) is 5. The monoisotopic (exact) mass is 418 g/mol. The Balaban J connectivity index is 1.78. The third kappa shape index (κ3) is 8.69. The van der Waals surface area contributed by atoms with Gasteiger partial charge in [-0.15, -0.1) is 0 Å². The third-order valence-electron chi connectivity index (χ3n) is 4.52. The van der Waals surface area contributed by atoms with E-state index >= 15 is 0 Å². The van der Waals surface area contributed by atoms with E-state index in [-0.39, 0.29) is 5.56 Å². The molecule has 0 spiro atoms. The summed E-state index contributed by atoms with van der Waals surface area (Å²) in [6.07, 6.45) is 11.0. The summed E-state index contributed by atoms with van der Waals surface area (Å²) in [5, 5.41) is 4.66. The molecule has 0 bridgehead atoms. The Morgan fingerprint density at radius 1 is 1.14 bits per heavy atom. The molecule has 0 aliphatic rings. The van der Waals surface area contributed by atoms with Gasteiger partial charge in [-0.05, 0) is 31.0 Å². The predicted octanol–water partition coefficient (Wildman–Crippen LogP) is 5.56. The summed E-state index contributed by atoms with van der Waals surface area (Å²) in [6.45, 7) is 4.87. The van der Waals surface area contributed by atoms with Crippen LogP contribution in [0.5, 0.6) is 5.75 Å². The van der Waals surface area contributed by atoms with Crippen LogP contribution in [0.3, 0.4) is 0 Å². The average molecular weight is 419 g/mol. The Morgan fingerprint density at radius 3 is 2.62 bits per heavy atom. The smallest absolute Gasteiger partial charge is 0.252 e. The van der Waals surface area contributed by atoms with Crippen molar-refractivity contribution in [2.75, 3.05) is 12.0 Å². The van der Waals surface area contributed by atoms with Gasteiger partial charge < -0.3 is 4.74 Å². The van der Waals surface area contributed by atoms with E-state index < -0.39 is 0 Å². The number of aromatic nitrogens is 2. The molecule has 0 fully saturated rings. The summed E-state index contributed by atoms with van der Waals surface area (Å²) < 4.78 is 5.79. The fourth-order valence-electron chi connectivity index (χ4n) is 2.86. The van der Waals surface area contributed by atoms with Gasteiger partial charge in [-0.25, -0.2) is 10.4 Å². The Hall–Kier alpha value is -2.34. The van der Waals surface area contributed by atoms with Gasteiger partial charge in [0.05, 0.1) is 17.8 Å². The number of benzene rings is 1. The number of H-pyrrole nitrogens is 1. The summed E-state index contributed by atoms with van der Waals surface area (Å²) in [5.74, 6) is 1.06. The van der Waals surface area contributed by atoms with Gasteiger partial charge in [0.1, 0.15) is 5.75 Å². The van der Waals surface area contributed by atoms with E-state index in [4.69, 9.17) is 16.3 Å². The lowest BCUT2D eigenvalue weighted by atomic mass is 10.1. The zero-order valence-electron chi connectivity index (χ0n) is 17.3. The predicted molar refractivity (Wildman–Crippen MR) is 120 cm³/mol. The molecule has 0 unspecified atom stereocenters. The van der Waals surface area contributed by atoms with Crippen LogP contribution in [0.4, 0.5) is 5.95 Å².